The van der Waals surface area contributed by atoms with E-state index in [-0.39, 0.29) is 11.7 Å². The second kappa shape index (κ2) is 17.7. The number of methoxy groups -OCH3 is 1. The number of amides is 1. The summed E-state index contributed by atoms with van der Waals surface area (Å²) >= 11 is 0. The van der Waals surface area contributed by atoms with Crippen molar-refractivity contribution in [2.75, 3.05) is 40.0 Å². The van der Waals surface area contributed by atoms with Crippen molar-refractivity contribution in [1.29, 1.82) is 0 Å². The minimum Gasteiger partial charge on any atom is -0.497 e. The molecule has 1 heterocycles. The maximum absolute atomic E-state index is 13.0. The predicted octanol–water partition coefficient (Wildman–Crippen LogP) is 5.72. The van der Waals surface area contributed by atoms with Gasteiger partial charge in [0.2, 0.25) is 5.91 Å². The van der Waals surface area contributed by atoms with Crippen molar-refractivity contribution in [3.05, 3.63) is 53.6 Å². The van der Waals surface area contributed by atoms with Gasteiger partial charge in [0.1, 0.15) is 25.1 Å². The maximum Gasteiger partial charge on any atom is 0.220 e. The fourth-order valence-corrected chi connectivity index (χ4v) is 4.98. The van der Waals surface area contributed by atoms with Crippen molar-refractivity contribution in [2.24, 2.45) is 0 Å². The molecule has 1 aliphatic heterocycles. The molecule has 3 rings (SSSR count). The fourth-order valence-electron chi connectivity index (χ4n) is 4.98. The smallest absolute Gasteiger partial charge is 0.220 e. The van der Waals surface area contributed by atoms with Crippen molar-refractivity contribution in [3.63, 3.8) is 0 Å². The molecule has 0 aliphatic carbocycles. The number of carbonyl (C=O) groups is 2. The van der Waals surface area contributed by atoms with E-state index in [2.05, 4.69) is 24.1 Å². The number of nitrogens with zero attached hydrogens (tertiary/aromatic N) is 1. The number of aliphatic hydroxyl groups excluding tert-OH is 1. The number of rotatable bonds is 19. The van der Waals surface area contributed by atoms with E-state index >= 15 is 0 Å². The lowest BCUT2D eigenvalue weighted by Crippen LogP contribution is -2.47. The molecule has 2 aromatic rings. The van der Waals surface area contributed by atoms with Crippen LogP contribution >= 0.6 is 0 Å². The molecule has 0 saturated heterocycles. The number of unbranched alkanes of at least 4 members (excludes halogenated alkanes) is 4. The molecule has 0 radical (unpaired) electrons. The first-order valence-electron chi connectivity index (χ1n) is 15.2. The molecule has 2 atom stereocenters. The molecular formula is C33H48N2O6. The van der Waals surface area contributed by atoms with Crippen LogP contribution in [-0.4, -0.2) is 67.7 Å². The molecule has 0 unspecified atom stereocenters. The van der Waals surface area contributed by atoms with Gasteiger partial charge in [0, 0.05) is 24.9 Å². The second-order valence-electron chi connectivity index (χ2n) is 10.7. The van der Waals surface area contributed by atoms with E-state index in [0.29, 0.717) is 61.6 Å². The summed E-state index contributed by atoms with van der Waals surface area (Å²) in [7, 11) is 1.60. The second-order valence-corrected chi connectivity index (χ2v) is 10.7. The lowest BCUT2D eigenvalue weighted by Gasteiger charge is -2.31. The van der Waals surface area contributed by atoms with E-state index in [1.165, 1.54) is 0 Å². The highest BCUT2D eigenvalue weighted by Crippen LogP contribution is 2.33. The summed E-state index contributed by atoms with van der Waals surface area (Å²) in [5.41, 5.74) is 1.37. The van der Waals surface area contributed by atoms with Gasteiger partial charge in [-0.05, 0) is 80.7 Å². The maximum atomic E-state index is 13.0. The molecule has 226 valence electrons. The van der Waals surface area contributed by atoms with Gasteiger partial charge >= 0.3 is 0 Å². The summed E-state index contributed by atoms with van der Waals surface area (Å²) in [6, 6.07) is 12.2. The monoisotopic (exact) mass is 568 g/mol. The van der Waals surface area contributed by atoms with E-state index < -0.39 is 12.1 Å². The van der Waals surface area contributed by atoms with Gasteiger partial charge in [-0.25, -0.2) is 0 Å². The fraction of sp³-hybridized carbons (Fsp3) is 0.576. The van der Waals surface area contributed by atoms with Gasteiger partial charge < -0.3 is 29.5 Å². The van der Waals surface area contributed by atoms with Gasteiger partial charge in [0.15, 0.2) is 17.3 Å². The van der Waals surface area contributed by atoms with Crippen LogP contribution in [0.5, 0.6) is 17.2 Å². The Bertz CT molecular complexity index is 1070. The van der Waals surface area contributed by atoms with Gasteiger partial charge in [-0.1, -0.05) is 39.2 Å². The molecule has 2 N–H and O–H groups in total. The number of ether oxygens (including phenoxy) is 3. The minimum atomic E-state index is -0.886. The van der Waals surface area contributed by atoms with E-state index in [9.17, 15) is 14.7 Å². The first-order chi connectivity index (χ1) is 19.9. The number of Topliss-reactive ketones (excluding diaryl/α,β-unsaturated/α-hetero) is 1. The molecule has 0 fully saturated rings. The summed E-state index contributed by atoms with van der Waals surface area (Å²) in [6.45, 7) is 7.75. The van der Waals surface area contributed by atoms with Crippen molar-refractivity contribution in [1.82, 2.24) is 10.2 Å². The van der Waals surface area contributed by atoms with E-state index in [1.54, 1.807) is 31.4 Å². The van der Waals surface area contributed by atoms with Gasteiger partial charge in [-0.2, -0.15) is 0 Å². The van der Waals surface area contributed by atoms with Crippen LogP contribution in [0.15, 0.2) is 42.5 Å². The van der Waals surface area contributed by atoms with Crippen LogP contribution in [-0.2, 0) is 4.79 Å². The Labute approximate surface area is 245 Å². The first kappa shape index (κ1) is 32.4. The number of fused-ring (bicyclic) bond motifs is 1. The molecule has 8 nitrogen and oxygen atoms in total. The number of aliphatic hydroxyl groups is 1. The first-order valence-corrected chi connectivity index (χ1v) is 15.2. The Hall–Kier alpha value is -3.10. The Balaban J connectivity index is 1.56. The Morgan fingerprint density at radius 1 is 0.902 bits per heavy atom. The number of carbonyl (C=O) groups excluding carboxylic acids is 2. The van der Waals surface area contributed by atoms with E-state index in [4.69, 9.17) is 14.2 Å². The van der Waals surface area contributed by atoms with Crippen molar-refractivity contribution < 1.29 is 28.9 Å². The third kappa shape index (κ3) is 10.7. The van der Waals surface area contributed by atoms with E-state index in [1.807, 2.05) is 18.2 Å². The van der Waals surface area contributed by atoms with Crippen LogP contribution in [0.3, 0.4) is 0 Å². The van der Waals surface area contributed by atoms with Crippen LogP contribution in [0.1, 0.15) is 93.7 Å². The van der Waals surface area contributed by atoms with Gasteiger partial charge in [-0.3, -0.25) is 9.59 Å². The topological polar surface area (TPSA) is 97.3 Å². The van der Waals surface area contributed by atoms with Crippen LogP contribution in [0.2, 0.25) is 0 Å². The molecular weight excluding hydrogens is 520 g/mol. The molecule has 0 spiro atoms. The number of hydrogen-bond donors (Lipinski definition) is 2. The molecule has 2 aromatic carbocycles. The largest absolute Gasteiger partial charge is 0.497 e. The number of nitrogens with one attached hydrogen (secondary N) is 1. The van der Waals surface area contributed by atoms with E-state index in [0.717, 1.165) is 57.4 Å². The summed E-state index contributed by atoms with van der Waals surface area (Å²) in [6.07, 6.45) is 6.42. The van der Waals surface area contributed by atoms with Crippen molar-refractivity contribution in [3.8, 4) is 17.2 Å². The third-order valence-corrected chi connectivity index (χ3v) is 7.47. The van der Waals surface area contributed by atoms with Crippen LogP contribution in [0.4, 0.5) is 0 Å². The van der Waals surface area contributed by atoms with Crippen LogP contribution in [0.25, 0.3) is 0 Å². The summed E-state index contributed by atoms with van der Waals surface area (Å²) in [4.78, 5) is 27.9. The lowest BCUT2D eigenvalue weighted by molar-refractivity contribution is -0.123. The summed E-state index contributed by atoms with van der Waals surface area (Å²) in [5, 5.41) is 14.6. The molecule has 0 bridgehead atoms. The third-order valence-electron chi connectivity index (χ3n) is 7.47. The van der Waals surface area contributed by atoms with Gasteiger partial charge in [0.25, 0.3) is 0 Å². The molecule has 8 heteroatoms. The average Bonchev–Trinajstić information content (AvgIpc) is 3.01. The normalized spacial score (nSPS) is 14.0. The number of ketones is 1. The molecule has 0 saturated carbocycles. The van der Waals surface area contributed by atoms with Crippen LogP contribution < -0.4 is 19.5 Å². The Kier molecular flexibility index (Phi) is 14.0. The summed E-state index contributed by atoms with van der Waals surface area (Å²) in [5.74, 6) is 2.03. The molecule has 41 heavy (non-hydrogen) atoms. The SMILES string of the molecule is CCCCN(CCCC)C[C@@H](NC(=O)CCCCCC(=O)c1ccc(OC)cc1)[C@@H](O)c1ccc2c(c1)OCCO2. The lowest BCUT2D eigenvalue weighted by atomic mass is 10.00. The van der Waals surface area contributed by atoms with Crippen molar-refractivity contribution in [2.45, 2.75) is 83.8 Å². The average molecular weight is 569 g/mol. The zero-order valence-electron chi connectivity index (χ0n) is 25.0. The molecule has 0 aromatic heterocycles. The number of benzene rings is 2. The highest BCUT2D eigenvalue weighted by Gasteiger charge is 2.26. The highest BCUT2D eigenvalue weighted by atomic mass is 16.6. The van der Waals surface area contributed by atoms with Crippen LogP contribution in [0, 0.1) is 0 Å². The predicted molar refractivity (Wildman–Crippen MR) is 161 cm³/mol. The molecule has 1 amide bonds. The van der Waals surface area contributed by atoms with Gasteiger partial charge in [-0.15, -0.1) is 0 Å². The Morgan fingerprint density at radius 3 is 2.22 bits per heavy atom. The quantitative estimate of drug-likeness (QED) is 0.165. The standard InChI is InChI=1S/C33H48N2O6/c1-4-6-19-35(20-7-5-2)24-28(33(38)26-15-18-30-31(23-26)41-22-21-40-30)34-32(37)12-10-8-9-11-29(36)25-13-16-27(39-3)17-14-25/h13-18,23,28,33,38H,4-12,19-22,24H2,1-3H3,(H,34,37)/t28-,33+/m1/s1. The number of hydrogen-bond acceptors (Lipinski definition) is 7. The molecule has 1 aliphatic rings. The highest BCUT2D eigenvalue weighted by molar-refractivity contribution is 5.96. The zero-order valence-corrected chi connectivity index (χ0v) is 25.0. The van der Waals surface area contributed by atoms with Gasteiger partial charge in [0.05, 0.1) is 13.2 Å². The minimum absolute atomic E-state index is 0.0843. The Morgan fingerprint density at radius 2 is 1.56 bits per heavy atom. The van der Waals surface area contributed by atoms with Crippen molar-refractivity contribution >= 4 is 11.7 Å². The summed E-state index contributed by atoms with van der Waals surface area (Å²) < 4.78 is 16.5. The zero-order chi connectivity index (χ0) is 29.5.